The summed E-state index contributed by atoms with van der Waals surface area (Å²) in [5, 5.41) is 9.63. The van der Waals surface area contributed by atoms with Gasteiger partial charge in [-0.25, -0.2) is 9.37 Å². The molecule has 1 aromatic carbocycles. The number of aromatic amines is 1. The molecule has 1 aliphatic rings. The van der Waals surface area contributed by atoms with Gasteiger partial charge in [0.2, 0.25) is 0 Å². The fourth-order valence-corrected chi connectivity index (χ4v) is 3.30. The van der Waals surface area contributed by atoms with Crippen molar-refractivity contribution in [1.29, 1.82) is 0 Å². The van der Waals surface area contributed by atoms with Crippen molar-refractivity contribution < 1.29 is 22.4 Å². The molecule has 4 rings (SSSR count). The largest absolute Gasteiger partial charge is 0.417 e. The standard InChI is InChI=1S/C20H17F4N5O/c21-14-4-1-12(2-5-14)16-9-17(28-27-16)19(30)26-15-7-8-29(11-15)18-6-3-13(10-25-18)20(22,23)24/h1-6,9-10,15H,7-8,11H2,(H,26,30)(H,27,28). The SMILES string of the molecule is O=C(NC1CCN(c2ccc(C(F)(F)F)cn2)C1)c1cc(-c2ccc(F)cc2)n[nH]1. The molecule has 1 atom stereocenters. The third-order valence-corrected chi connectivity index (χ3v) is 4.89. The van der Waals surface area contributed by atoms with Gasteiger partial charge in [0.25, 0.3) is 5.91 Å². The molecule has 6 nitrogen and oxygen atoms in total. The van der Waals surface area contributed by atoms with Gasteiger partial charge in [-0.2, -0.15) is 18.3 Å². The molecule has 0 bridgehead atoms. The molecule has 10 heteroatoms. The summed E-state index contributed by atoms with van der Waals surface area (Å²) in [6.07, 6.45) is -2.99. The van der Waals surface area contributed by atoms with E-state index in [1.165, 1.54) is 18.2 Å². The van der Waals surface area contributed by atoms with Crippen LogP contribution in [-0.2, 0) is 6.18 Å². The number of hydrogen-bond acceptors (Lipinski definition) is 4. The zero-order valence-corrected chi connectivity index (χ0v) is 15.6. The average Bonchev–Trinajstić information content (AvgIpc) is 3.38. The van der Waals surface area contributed by atoms with Crippen LogP contribution in [0, 0.1) is 5.82 Å². The predicted octanol–water partition coefficient (Wildman–Crippen LogP) is 3.64. The van der Waals surface area contributed by atoms with Crippen molar-refractivity contribution in [2.24, 2.45) is 0 Å². The number of aromatic nitrogens is 3. The van der Waals surface area contributed by atoms with E-state index in [4.69, 9.17) is 0 Å². The molecule has 1 saturated heterocycles. The van der Waals surface area contributed by atoms with Gasteiger partial charge in [0.1, 0.15) is 17.3 Å². The lowest BCUT2D eigenvalue weighted by Gasteiger charge is -2.18. The van der Waals surface area contributed by atoms with Crippen LogP contribution >= 0.6 is 0 Å². The van der Waals surface area contributed by atoms with Gasteiger partial charge in [0.05, 0.1) is 11.3 Å². The Morgan fingerprint density at radius 2 is 1.93 bits per heavy atom. The van der Waals surface area contributed by atoms with E-state index in [-0.39, 0.29) is 23.5 Å². The number of nitrogens with one attached hydrogen (secondary N) is 2. The molecule has 1 fully saturated rings. The molecule has 0 radical (unpaired) electrons. The Morgan fingerprint density at radius 3 is 2.60 bits per heavy atom. The van der Waals surface area contributed by atoms with Gasteiger partial charge in [-0.1, -0.05) is 0 Å². The average molecular weight is 419 g/mol. The number of hydrogen-bond donors (Lipinski definition) is 2. The second kappa shape index (κ2) is 7.77. The summed E-state index contributed by atoms with van der Waals surface area (Å²) in [5.74, 6) is -0.274. The lowest BCUT2D eigenvalue weighted by Crippen LogP contribution is -2.37. The van der Waals surface area contributed by atoms with E-state index >= 15 is 0 Å². The van der Waals surface area contributed by atoms with Crippen LogP contribution in [0.25, 0.3) is 11.3 Å². The first-order valence-corrected chi connectivity index (χ1v) is 9.20. The van der Waals surface area contributed by atoms with E-state index in [1.807, 2.05) is 4.90 Å². The highest BCUT2D eigenvalue weighted by atomic mass is 19.4. The molecule has 1 amide bonds. The van der Waals surface area contributed by atoms with Gasteiger partial charge in [0.15, 0.2) is 0 Å². The monoisotopic (exact) mass is 419 g/mol. The number of benzene rings is 1. The number of amides is 1. The summed E-state index contributed by atoms with van der Waals surface area (Å²) in [6.45, 7) is 0.996. The van der Waals surface area contributed by atoms with Crippen molar-refractivity contribution in [2.45, 2.75) is 18.6 Å². The predicted molar refractivity (Wildman–Crippen MR) is 101 cm³/mol. The highest BCUT2D eigenvalue weighted by Crippen LogP contribution is 2.30. The number of alkyl halides is 3. The quantitative estimate of drug-likeness (QED) is 0.634. The minimum atomic E-state index is -4.43. The fourth-order valence-electron chi connectivity index (χ4n) is 3.30. The zero-order chi connectivity index (χ0) is 21.3. The van der Waals surface area contributed by atoms with Crippen LogP contribution in [0.2, 0.25) is 0 Å². The lowest BCUT2D eigenvalue weighted by atomic mass is 10.1. The van der Waals surface area contributed by atoms with Gasteiger partial charge in [-0.3, -0.25) is 9.89 Å². The molecule has 3 heterocycles. The number of pyridine rings is 1. The van der Waals surface area contributed by atoms with Crippen molar-refractivity contribution in [3.8, 4) is 11.3 Å². The molecule has 1 unspecified atom stereocenters. The fraction of sp³-hybridized carbons (Fsp3) is 0.250. The van der Waals surface area contributed by atoms with E-state index in [0.717, 1.165) is 12.3 Å². The minimum Gasteiger partial charge on any atom is -0.354 e. The molecule has 156 valence electrons. The van der Waals surface area contributed by atoms with E-state index < -0.39 is 11.7 Å². The molecule has 2 aromatic heterocycles. The van der Waals surface area contributed by atoms with Gasteiger partial charge >= 0.3 is 6.18 Å². The first kappa shape index (κ1) is 19.9. The first-order valence-electron chi connectivity index (χ1n) is 9.20. The van der Waals surface area contributed by atoms with E-state index in [9.17, 15) is 22.4 Å². The number of H-pyrrole nitrogens is 1. The second-order valence-electron chi connectivity index (χ2n) is 6.98. The van der Waals surface area contributed by atoms with E-state index in [2.05, 4.69) is 20.5 Å². The zero-order valence-electron chi connectivity index (χ0n) is 15.6. The Bertz CT molecular complexity index is 1030. The van der Waals surface area contributed by atoms with Crippen LogP contribution in [0.4, 0.5) is 23.4 Å². The van der Waals surface area contributed by atoms with Crippen LogP contribution in [0.3, 0.4) is 0 Å². The van der Waals surface area contributed by atoms with Crippen molar-refractivity contribution >= 4 is 11.7 Å². The Morgan fingerprint density at radius 1 is 1.17 bits per heavy atom. The minimum absolute atomic E-state index is 0.181. The highest BCUT2D eigenvalue weighted by Gasteiger charge is 2.31. The first-order chi connectivity index (χ1) is 14.3. The van der Waals surface area contributed by atoms with Gasteiger partial charge < -0.3 is 10.2 Å². The number of carbonyl (C=O) groups is 1. The van der Waals surface area contributed by atoms with E-state index in [0.29, 0.717) is 36.6 Å². The van der Waals surface area contributed by atoms with E-state index in [1.54, 1.807) is 18.2 Å². The molecule has 1 aliphatic heterocycles. The normalized spacial score (nSPS) is 16.7. The Balaban J connectivity index is 1.36. The van der Waals surface area contributed by atoms with Crippen molar-refractivity contribution in [2.75, 3.05) is 18.0 Å². The Kier molecular flexibility index (Phi) is 5.15. The summed E-state index contributed by atoms with van der Waals surface area (Å²) in [5.41, 5.74) is 0.654. The third-order valence-electron chi connectivity index (χ3n) is 4.89. The number of rotatable bonds is 4. The molecule has 0 saturated carbocycles. The number of anilines is 1. The van der Waals surface area contributed by atoms with Crippen LogP contribution in [0.15, 0.2) is 48.7 Å². The lowest BCUT2D eigenvalue weighted by molar-refractivity contribution is -0.137. The molecule has 0 aliphatic carbocycles. The smallest absolute Gasteiger partial charge is 0.354 e. The van der Waals surface area contributed by atoms with Crippen molar-refractivity contribution in [3.63, 3.8) is 0 Å². The maximum absolute atomic E-state index is 13.0. The van der Waals surface area contributed by atoms with Gasteiger partial charge in [0, 0.05) is 30.9 Å². The van der Waals surface area contributed by atoms with Crippen LogP contribution < -0.4 is 10.2 Å². The van der Waals surface area contributed by atoms with Crippen LogP contribution in [0.1, 0.15) is 22.5 Å². The summed E-state index contributed by atoms with van der Waals surface area (Å²) in [6, 6.07) is 9.48. The molecule has 2 N–H and O–H groups in total. The number of nitrogens with zero attached hydrogens (tertiary/aromatic N) is 3. The molecule has 0 spiro atoms. The molecule has 3 aromatic rings. The Hall–Kier alpha value is -3.43. The summed E-state index contributed by atoms with van der Waals surface area (Å²) < 4.78 is 51.0. The van der Waals surface area contributed by atoms with Crippen LogP contribution in [-0.4, -0.2) is 40.2 Å². The summed E-state index contributed by atoms with van der Waals surface area (Å²) in [4.78, 5) is 18.2. The van der Waals surface area contributed by atoms with Gasteiger partial charge in [-0.15, -0.1) is 0 Å². The maximum atomic E-state index is 13.0. The highest BCUT2D eigenvalue weighted by molar-refractivity contribution is 5.93. The maximum Gasteiger partial charge on any atom is 0.417 e. The molecule has 30 heavy (non-hydrogen) atoms. The van der Waals surface area contributed by atoms with Crippen LogP contribution in [0.5, 0.6) is 0 Å². The number of carbonyl (C=O) groups excluding carboxylic acids is 1. The third kappa shape index (κ3) is 4.27. The van der Waals surface area contributed by atoms with Gasteiger partial charge in [-0.05, 0) is 48.9 Å². The Labute approximate surface area is 168 Å². The van der Waals surface area contributed by atoms with Crippen molar-refractivity contribution in [1.82, 2.24) is 20.5 Å². The topological polar surface area (TPSA) is 73.9 Å². The molecular weight excluding hydrogens is 402 g/mol. The van der Waals surface area contributed by atoms with Crippen molar-refractivity contribution in [3.05, 3.63) is 65.7 Å². The second-order valence-corrected chi connectivity index (χ2v) is 6.98. The summed E-state index contributed by atoms with van der Waals surface area (Å²) >= 11 is 0. The summed E-state index contributed by atoms with van der Waals surface area (Å²) in [7, 11) is 0. The molecular formula is C20H17F4N5O. The number of halogens is 4.